The molecular formula is C30H33N7O. The number of benzene rings is 1. The van der Waals surface area contributed by atoms with E-state index >= 15 is 0 Å². The molecule has 1 saturated heterocycles. The van der Waals surface area contributed by atoms with Crippen molar-refractivity contribution in [3.05, 3.63) is 77.2 Å². The number of amides is 1. The van der Waals surface area contributed by atoms with Crippen LogP contribution in [-0.2, 0) is 13.6 Å². The van der Waals surface area contributed by atoms with Crippen molar-refractivity contribution in [3.63, 3.8) is 0 Å². The zero-order valence-corrected chi connectivity index (χ0v) is 22.4. The van der Waals surface area contributed by atoms with E-state index in [1.54, 1.807) is 32.2 Å². The van der Waals surface area contributed by atoms with E-state index in [4.69, 9.17) is 0 Å². The monoisotopic (exact) mass is 507 g/mol. The molecule has 1 N–H and O–H groups in total. The van der Waals surface area contributed by atoms with Gasteiger partial charge in [0, 0.05) is 63.1 Å². The molecule has 0 atom stereocenters. The summed E-state index contributed by atoms with van der Waals surface area (Å²) in [4.78, 5) is 25.4. The minimum absolute atomic E-state index is 0.0362. The van der Waals surface area contributed by atoms with Crippen LogP contribution in [0.15, 0.2) is 54.7 Å². The number of aryl methyl sites for hydroxylation is 1. The van der Waals surface area contributed by atoms with Crippen molar-refractivity contribution in [2.45, 2.75) is 25.3 Å². The average Bonchev–Trinajstić information content (AvgIpc) is 3.27. The molecule has 5 rings (SSSR count). The van der Waals surface area contributed by atoms with Crippen molar-refractivity contribution in [1.29, 1.82) is 5.26 Å². The molecule has 38 heavy (non-hydrogen) atoms. The Morgan fingerprint density at radius 3 is 2.50 bits per heavy atom. The van der Waals surface area contributed by atoms with Crippen molar-refractivity contribution in [2.75, 3.05) is 39.5 Å². The highest BCUT2D eigenvalue weighted by Gasteiger charge is 2.23. The maximum absolute atomic E-state index is 12.2. The molecule has 1 fully saturated rings. The first kappa shape index (κ1) is 25.4. The van der Waals surface area contributed by atoms with Gasteiger partial charge in [-0.25, -0.2) is 9.97 Å². The predicted molar refractivity (Wildman–Crippen MR) is 150 cm³/mol. The summed E-state index contributed by atoms with van der Waals surface area (Å²) in [6.45, 7) is 2.87. The van der Waals surface area contributed by atoms with Crippen molar-refractivity contribution in [1.82, 2.24) is 24.3 Å². The van der Waals surface area contributed by atoms with E-state index in [9.17, 15) is 10.1 Å². The van der Waals surface area contributed by atoms with E-state index in [-0.39, 0.29) is 5.91 Å². The van der Waals surface area contributed by atoms with Gasteiger partial charge in [0.25, 0.3) is 5.91 Å². The molecule has 0 unspecified atom stereocenters. The fourth-order valence-electron chi connectivity index (χ4n) is 5.37. The number of pyridine rings is 2. The topological polar surface area (TPSA) is 90.1 Å². The van der Waals surface area contributed by atoms with Crippen LogP contribution in [0.3, 0.4) is 0 Å². The first-order valence-corrected chi connectivity index (χ1v) is 13.0. The van der Waals surface area contributed by atoms with Gasteiger partial charge in [-0.3, -0.25) is 9.69 Å². The summed E-state index contributed by atoms with van der Waals surface area (Å²) in [6, 6.07) is 18.4. The molecule has 1 amide bonds. The molecule has 0 radical (unpaired) electrons. The van der Waals surface area contributed by atoms with E-state index < -0.39 is 0 Å². The molecule has 3 aromatic heterocycles. The highest BCUT2D eigenvalue weighted by molar-refractivity contribution is 5.95. The van der Waals surface area contributed by atoms with Gasteiger partial charge in [0.05, 0.1) is 0 Å². The maximum atomic E-state index is 12.2. The van der Waals surface area contributed by atoms with Crippen LogP contribution in [0.2, 0.25) is 0 Å². The van der Waals surface area contributed by atoms with E-state index in [1.807, 2.05) is 30.3 Å². The molecule has 1 aliphatic rings. The summed E-state index contributed by atoms with van der Waals surface area (Å²) in [7, 11) is 7.41. The molecule has 8 heteroatoms. The molecule has 0 aliphatic carbocycles. The number of likely N-dealkylation sites (tertiary alicyclic amines) is 1. The van der Waals surface area contributed by atoms with E-state index in [2.05, 4.69) is 56.1 Å². The lowest BCUT2D eigenvalue weighted by Crippen LogP contribution is -2.33. The van der Waals surface area contributed by atoms with Crippen LogP contribution in [0.1, 0.15) is 46.1 Å². The Balaban J connectivity index is 1.32. The Kier molecular flexibility index (Phi) is 7.12. The lowest BCUT2D eigenvalue weighted by Gasteiger charge is -2.32. The highest BCUT2D eigenvalue weighted by atomic mass is 16.2. The third-order valence-electron chi connectivity index (χ3n) is 7.58. The van der Waals surface area contributed by atoms with Crippen LogP contribution in [0.25, 0.3) is 22.2 Å². The van der Waals surface area contributed by atoms with Crippen molar-refractivity contribution < 1.29 is 4.79 Å². The van der Waals surface area contributed by atoms with Crippen molar-refractivity contribution in [3.8, 4) is 17.2 Å². The first-order valence-electron chi connectivity index (χ1n) is 13.0. The number of fused-ring (bicyclic) bond motifs is 1. The van der Waals surface area contributed by atoms with Crippen LogP contribution in [0.5, 0.6) is 0 Å². The number of hydrogen-bond donors (Lipinski definition) is 1. The number of nitriles is 1. The fourth-order valence-corrected chi connectivity index (χ4v) is 5.37. The summed E-state index contributed by atoms with van der Waals surface area (Å²) in [5.41, 5.74) is 6.33. The smallest absolute Gasteiger partial charge is 0.253 e. The lowest BCUT2D eigenvalue weighted by molar-refractivity contribution is 0.0827. The number of nitrogens with one attached hydrogen (secondary N) is 1. The molecule has 0 spiro atoms. The third-order valence-corrected chi connectivity index (χ3v) is 7.58. The summed E-state index contributed by atoms with van der Waals surface area (Å²) in [5.74, 6) is 1.22. The normalized spacial score (nSPS) is 14.4. The molecule has 4 heterocycles. The van der Waals surface area contributed by atoms with Gasteiger partial charge in [-0.05, 0) is 79.4 Å². The number of rotatable bonds is 6. The number of piperidine rings is 1. The summed E-state index contributed by atoms with van der Waals surface area (Å²) in [5, 5.41) is 13.8. The number of anilines is 1. The Labute approximate surface area is 223 Å². The van der Waals surface area contributed by atoms with Crippen LogP contribution in [-0.4, -0.2) is 64.5 Å². The first-order chi connectivity index (χ1) is 18.4. The number of hydrogen-bond acceptors (Lipinski definition) is 6. The van der Waals surface area contributed by atoms with Crippen LogP contribution < -0.4 is 5.32 Å². The van der Waals surface area contributed by atoms with E-state index in [0.717, 1.165) is 60.2 Å². The Bertz CT molecular complexity index is 1510. The molecule has 8 nitrogen and oxygen atoms in total. The standard InChI is InChI=1S/C30H33N7O/c1-32-28-10-9-25(27(18-31)34-28)24-11-14-33-29-26(24)17-23(36(29)4)19-37-15-12-21(13-16-37)20-5-7-22(8-6-20)30(38)35(2)3/h5-11,14,17,21H,12-13,15-16,19H2,1-4H3,(H,32,34). The van der Waals surface area contributed by atoms with Gasteiger partial charge in [-0.1, -0.05) is 12.1 Å². The summed E-state index contributed by atoms with van der Waals surface area (Å²) in [6.07, 6.45) is 3.98. The second kappa shape index (κ2) is 10.6. The average molecular weight is 508 g/mol. The second-order valence-electron chi connectivity index (χ2n) is 10.1. The zero-order chi connectivity index (χ0) is 26.8. The van der Waals surface area contributed by atoms with Crippen LogP contribution >= 0.6 is 0 Å². The molecule has 0 bridgehead atoms. The largest absolute Gasteiger partial charge is 0.373 e. The van der Waals surface area contributed by atoms with Gasteiger partial charge in [0.15, 0.2) is 5.69 Å². The summed E-state index contributed by atoms with van der Waals surface area (Å²) < 4.78 is 2.16. The van der Waals surface area contributed by atoms with Crippen LogP contribution in [0.4, 0.5) is 5.82 Å². The fraction of sp³-hybridized carbons (Fsp3) is 0.333. The van der Waals surface area contributed by atoms with Crippen molar-refractivity contribution in [2.24, 2.45) is 7.05 Å². The molecule has 1 aromatic carbocycles. The molecule has 4 aromatic rings. The quantitative estimate of drug-likeness (QED) is 0.409. The van der Waals surface area contributed by atoms with Gasteiger partial charge >= 0.3 is 0 Å². The van der Waals surface area contributed by atoms with Gasteiger partial charge in [0.1, 0.15) is 17.5 Å². The predicted octanol–water partition coefficient (Wildman–Crippen LogP) is 4.63. The Hall–Kier alpha value is -4.22. The Morgan fingerprint density at radius 1 is 1.11 bits per heavy atom. The lowest BCUT2D eigenvalue weighted by atomic mass is 9.89. The third kappa shape index (κ3) is 4.85. The van der Waals surface area contributed by atoms with E-state index in [1.165, 1.54) is 11.3 Å². The van der Waals surface area contributed by atoms with Crippen LogP contribution in [0, 0.1) is 11.3 Å². The van der Waals surface area contributed by atoms with Gasteiger partial charge in [-0.15, -0.1) is 0 Å². The molecule has 1 aliphatic heterocycles. The summed E-state index contributed by atoms with van der Waals surface area (Å²) >= 11 is 0. The Morgan fingerprint density at radius 2 is 1.84 bits per heavy atom. The van der Waals surface area contributed by atoms with Gasteiger partial charge in [0.2, 0.25) is 0 Å². The minimum atomic E-state index is 0.0362. The number of nitrogens with zero attached hydrogens (tertiary/aromatic N) is 6. The second-order valence-corrected chi connectivity index (χ2v) is 10.1. The number of carbonyl (C=O) groups is 1. The zero-order valence-electron chi connectivity index (χ0n) is 22.4. The molecule has 0 saturated carbocycles. The number of carbonyl (C=O) groups excluding carboxylic acids is 1. The molecular weight excluding hydrogens is 474 g/mol. The maximum Gasteiger partial charge on any atom is 0.253 e. The SMILES string of the molecule is CNc1ccc(-c2ccnc3c2cc(CN2CCC(c4ccc(C(=O)N(C)C)cc4)CC2)n3C)c(C#N)n1. The minimum Gasteiger partial charge on any atom is -0.373 e. The highest BCUT2D eigenvalue weighted by Crippen LogP contribution is 2.33. The van der Waals surface area contributed by atoms with E-state index in [0.29, 0.717) is 17.4 Å². The van der Waals surface area contributed by atoms with Gasteiger partial charge < -0.3 is 14.8 Å². The molecule has 194 valence electrons. The number of aromatic nitrogens is 3. The van der Waals surface area contributed by atoms with Crippen molar-refractivity contribution >= 4 is 22.8 Å². The van der Waals surface area contributed by atoms with Gasteiger partial charge in [-0.2, -0.15) is 5.26 Å².